The van der Waals surface area contributed by atoms with Crippen LogP contribution in [0.1, 0.15) is 30.3 Å². The number of hydrogen-bond acceptors (Lipinski definition) is 5. The minimum atomic E-state index is -0.530. The lowest BCUT2D eigenvalue weighted by atomic mass is 10.0. The molecule has 0 bridgehead atoms. The number of aromatic nitrogens is 3. The predicted octanol–water partition coefficient (Wildman–Crippen LogP) is 3.65. The second-order valence-electron chi connectivity index (χ2n) is 6.69. The molecule has 3 heterocycles. The third-order valence-electron chi connectivity index (χ3n) is 4.93. The van der Waals surface area contributed by atoms with Crippen LogP contribution in [0.5, 0.6) is 0 Å². The van der Waals surface area contributed by atoms with Crippen LogP contribution in [0.2, 0.25) is 0 Å². The van der Waals surface area contributed by atoms with E-state index in [1.807, 2.05) is 4.57 Å². The van der Waals surface area contributed by atoms with Gasteiger partial charge < -0.3 is 9.09 Å². The monoisotopic (exact) mass is 371 g/mol. The highest BCUT2D eigenvalue weighted by Crippen LogP contribution is 2.41. The Morgan fingerprint density at radius 3 is 2.73 bits per heavy atom. The van der Waals surface area contributed by atoms with Gasteiger partial charge in [0, 0.05) is 17.0 Å². The number of benzene rings is 1. The predicted molar refractivity (Wildman–Crippen MR) is 97.4 cm³/mol. The fraction of sp³-hybridized carbons (Fsp3) is 0.278. The molecular weight excluding hydrogens is 357 g/mol. The molecule has 6 nitrogen and oxygen atoms in total. The van der Waals surface area contributed by atoms with Crippen molar-refractivity contribution in [1.82, 2.24) is 14.1 Å². The Kier molecular flexibility index (Phi) is 3.06. The van der Waals surface area contributed by atoms with E-state index in [9.17, 15) is 14.0 Å². The standard InChI is InChI=1S/C18H14FN3O3S/c1-7-14(8(2)25-20-7)10-6-13-11(5-12(10)19)16(23)15-17(24)21-26-18(15)22(13)9-3-4-9/h5-6,9H,3-4H2,1-2H3,(H,21,24). The molecule has 1 saturated carbocycles. The quantitative estimate of drug-likeness (QED) is 0.583. The molecule has 1 aliphatic carbocycles. The van der Waals surface area contributed by atoms with E-state index < -0.39 is 16.8 Å². The van der Waals surface area contributed by atoms with Gasteiger partial charge in [-0.05, 0) is 50.4 Å². The Labute approximate surface area is 150 Å². The number of rotatable bonds is 2. The lowest BCUT2D eigenvalue weighted by Crippen LogP contribution is -2.15. The number of pyridine rings is 1. The van der Waals surface area contributed by atoms with Crippen LogP contribution in [0.4, 0.5) is 4.39 Å². The van der Waals surface area contributed by atoms with E-state index in [1.165, 1.54) is 6.07 Å². The van der Waals surface area contributed by atoms with Crippen LogP contribution >= 0.6 is 11.5 Å². The molecule has 5 rings (SSSR count). The van der Waals surface area contributed by atoms with Crippen molar-refractivity contribution in [2.24, 2.45) is 0 Å². The van der Waals surface area contributed by atoms with Crippen LogP contribution in [-0.2, 0) is 0 Å². The van der Waals surface area contributed by atoms with Gasteiger partial charge in [-0.3, -0.25) is 14.0 Å². The van der Waals surface area contributed by atoms with Gasteiger partial charge in [0.2, 0.25) is 5.43 Å². The third-order valence-corrected chi connectivity index (χ3v) is 5.81. The van der Waals surface area contributed by atoms with Gasteiger partial charge in [0.1, 0.15) is 21.8 Å². The van der Waals surface area contributed by atoms with Crippen LogP contribution in [0.25, 0.3) is 32.2 Å². The van der Waals surface area contributed by atoms with Crippen molar-refractivity contribution < 1.29 is 8.91 Å². The van der Waals surface area contributed by atoms with E-state index in [0.29, 0.717) is 32.9 Å². The minimum absolute atomic E-state index is 0.110. The molecular formula is C18H14FN3O3S. The molecule has 26 heavy (non-hydrogen) atoms. The largest absolute Gasteiger partial charge is 0.361 e. The maximum absolute atomic E-state index is 14.9. The van der Waals surface area contributed by atoms with Crippen LogP contribution < -0.4 is 11.0 Å². The molecule has 4 aromatic rings. The zero-order valence-corrected chi connectivity index (χ0v) is 14.9. The van der Waals surface area contributed by atoms with Gasteiger partial charge >= 0.3 is 0 Å². The smallest absolute Gasteiger partial charge is 0.271 e. The number of nitrogens with zero attached hydrogens (tertiary/aromatic N) is 2. The molecule has 0 aliphatic heterocycles. The van der Waals surface area contributed by atoms with Crippen LogP contribution in [0, 0.1) is 19.7 Å². The normalized spacial score (nSPS) is 14.6. The number of hydrogen-bond donors (Lipinski definition) is 1. The molecule has 1 N–H and O–H groups in total. The second-order valence-corrected chi connectivity index (χ2v) is 7.49. The van der Waals surface area contributed by atoms with Crippen molar-refractivity contribution in [3.05, 3.63) is 50.0 Å². The molecule has 1 aromatic carbocycles. The molecule has 0 spiro atoms. The van der Waals surface area contributed by atoms with Gasteiger partial charge in [-0.1, -0.05) is 5.16 Å². The first kappa shape index (κ1) is 15.5. The Morgan fingerprint density at radius 2 is 2.08 bits per heavy atom. The van der Waals surface area contributed by atoms with Gasteiger partial charge in [0.25, 0.3) is 5.56 Å². The summed E-state index contributed by atoms with van der Waals surface area (Å²) in [5.41, 5.74) is 1.33. The molecule has 8 heteroatoms. The summed E-state index contributed by atoms with van der Waals surface area (Å²) in [7, 11) is 0. The first-order valence-corrected chi connectivity index (χ1v) is 9.11. The van der Waals surface area contributed by atoms with E-state index >= 15 is 0 Å². The van der Waals surface area contributed by atoms with Gasteiger partial charge in [-0.25, -0.2) is 4.39 Å². The molecule has 1 fully saturated rings. The Hall–Kier alpha value is -2.74. The van der Waals surface area contributed by atoms with Crippen LogP contribution in [0.3, 0.4) is 0 Å². The summed E-state index contributed by atoms with van der Waals surface area (Å²) in [5, 5.41) is 4.23. The molecule has 0 atom stereocenters. The first-order valence-electron chi connectivity index (χ1n) is 8.29. The number of aromatic amines is 1. The summed E-state index contributed by atoms with van der Waals surface area (Å²) < 4.78 is 24.7. The number of halogens is 1. The summed E-state index contributed by atoms with van der Waals surface area (Å²) in [4.78, 5) is 25.5. The fourth-order valence-electron chi connectivity index (χ4n) is 3.61. The van der Waals surface area contributed by atoms with Gasteiger partial charge in [0.15, 0.2) is 0 Å². The van der Waals surface area contributed by atoms with Crippen LogP contribution in [0.15, 0.2) is 26.2 Å². The number of nitrogens with one attached hydrogen (secondary N) is 1. The van der Waals surface area contributed by atoms with Crippen molar-refractivity contribution in [3.63, 3.8) is 0 Å². The molecule has 0 radical (unpaired) electrons. The lowest BCUT2D eigenvalue weighted by molar-refractivity contribution is 0.393. The zero-order valence-electron chi connectivity index (χ0n) is 14.1. The Bertz CT molecular complexity index is 1300. The highest BCUT2D eigenvalue weighted by atomic mass is 32.1. The van der Waals surface area contributed by atoms with Crippen molar-refractivity contribution in [2.75, 3.05) is 0 Å². The number of fused-ring (bicyclic) bond motifs is 2. The average Bonchev–Trinajstić information content (AvgIpc) is 3.29. The zero-order chi connectivity index (χ0) is 18.2. The molecule has 132 valence electrons. The average molecular weight is 371 g/mol. The molecule has 0 saturated heterocycles. The van der Waals surface area contributed by atoms with Gasteiger partial charge in [-0.15, -0.1) is 0 Å². The Morgan fingerprint density at radius 1 is 1.31 bits per heavy atom. The highest BCUT2D eigenvalue weighted by molar-refractivity contribution is 7.12. The fourth-order valence-corrected chi connectivity index (χ4v) is 4.53. The molecule has 0 amide bonds. The molecule has 3 aromatic heterocycles. The van der Waals surface area contributed by atoms with Crippen molar-refractivity contribution in [3.8, 4) is 11.1 Å². The highest BCUT2D eigenvalue weighted by Gasteiger charge is 2.29. The SMILES string of the molecule is Cc1noc(C)c1-c1cc2c(cc1F)c(=O)c1c(=O)[nH]sc1n2C1CC1. The molecule has 0 unspecified atom stereocenters. The van der Waals surface area contributed by atoms with Crippen molar-refractivity contribution in [2.45, 2.75) is 32.7 Å². The summed E-state index contributed by atoms with van der Waals surface area (Å²) in [6.45, 7) is 3.48. The van der Waals surface area contributed by atoms with E-state index in [-0.39, 0.29) is 16.8 Å². The number of H-pyrrole nitrogens is 1. The summed E-state index contributed by atoms with van der Waals surface area (Å²) in [6, 6.07) is 3.13. The van der Waals surface area contributed by atoms with Crippen molar-refractivity contribution >= 4 is 32.7 Å². The lowest BCUT2D eigenvalue weighted by Gasteiger charge is -2.13. The minimum Gasteiger partial charge on any atom is -0.361 e. The summed E-state index contributed by atoms with van der Waals surface area (Å²) in [5.74, 6) is -0.00852. The van der Waals surface area contributed by atoms with Gasteiger partial charge in [0.05, 0.1) is 16.8 Å². The molecule has 1 aliphatic rings. The van der Waals surface area contributed by atoms with E-state index in [1.54, 1.807) is 19.9 Å². The van der Waals surface area contributed by atoms with E-state index in [0.717, 1.165) is 24.4 Å². The van der Waals surface area contributed by atoms with Gasteiger partial charge in [-0.2, -0.15) is 0 Å². The van der Waals surface area contributed by atoms with E-state index in [4.69, 9.17) is 4.52 Å². The first-order chi connectivity index (χ1) is 12.5. The van der Waals surface area contributed by atoms with Crippen LogP contribution in [-0.4, -0.2) is 14.1 Å². The van der Waals surface area contributed by atoms with E-state index in [2.05, 4.69) is 9.53 Å². The maximum Gasteiger partial charge on any atom is 0.271 e. The summed E-state index contributed by atoms with van der Waals surface area (Å²) in [6.07, 6.45) is 1.94. The second kappa shape index (κ2) is 5.14. The summed E-state index contributed by atoms with van der Waals surface area (Å²) >= 11 is 1.15. The topological polar surface area (TPSA) is 80.9 Å². The third kappa shape index (κ3) is 1.99. The maximum atomic E-state index is 14.9. The Balaban J connectivity index is 1.98. The number of aryl methyl sites for hydroxylation is 2. The van der Waals surface area contributed by atoms with Crippen molar-refractivity contribution in [1.29, 1.82) is 0 Å².